The first-order valence-corrected chi connectivity index (χ1v) is 6.18. The first-order chi connectivity index (χ1) is 7.74. The average Bonchev–Trinajstić information content (AvgIpc) is 2.12. The van der Waals surface area contributed by atoms with E-state index < -0.39 is 6.10 Å². The molecule has 102 valence electrons. The summed E-state index contributed by atoms with van der Waals surface area (Å²) in [5, 5.41) is 12.1. The first kappa shape index (κ1) is 16.4. The van der Waals surface area contributed by atoms with Crippen molar-refractivity contribution in [3.8, 4) is 0 Å². The van der Waals surface area contributed by atoms with E-state index in [1.165, 1.54) is 7.11 Å². The molecule has 0 heterocycles. The Morgan fingerprint density at radius 3 is 2.47 bits per heavy atom. The molecule has 0 bridgehead atoms. The van der Waals surface area contributed by atoms with Crippen molar-refractivity contribution in [3.05, 3.63) is 0 Å². The maximum atomic E-state index is 11.6. The quantitative estimate of drug-likeness (QED) is 0.716. The van der Waals surface area contributed by atoms with Crippen LogP contribution in [0.5, 0.6) is 0 Å². The Bertz CT molecular complexity index is 223. The van der Waals surface area contributed by atoms with Crippen LogP contribution in [0.25, 0.3) is 0 Å². The summed E-state index contributed by atoms with van der Waals surface area (Å²) in [6.07, 6.45) is 0.903. The van der Waals surface area contributed by atoms with Crippen molar-refractivity contribution < 1.29 is 14.6 Å². The zero-order valence-corrected chi connectivity index (χ0v) is 11.7. The molecule has 0 aliphatic rings. The number of carbonyl (C=O) groups is 1. The molecule has 2 atom stereocenters. The van der Waals surface area contributed by atoms with Gasteiger partial charge in [-0.15, -0.1) is 0 Å². The highest BCUT2D eigenvalue weighted by Gasteiger charge is 2.17. The van der Waals surface area contributed by atoms with Crippen LogP contribution in [0.15, 0.2) is 0 Å². The van der Waals surface area contributed by atoms with Crippen LogP contribution in [-0.2, 0) is 9.53 Å². The zero-order valence-electron chi connectivity index (χ0n) is 11.7. The lowest BCUT2D eigenvalue weighted by atomic mass is 9.84. The van der Waals surface area contributed by atoms with Gasteiger partial charge >= 0.3 is 0 Å². The number of carbonyl (C=O) groups excluding carboxylic acids is 1. The standard InChI is InChI=1S/C13H27NO3/c1-10(7-13(2,3)4)6-12(16)14-8-11(15)9-17-5/h10-11,15H,6-9H2,1-5H3,(H,14,16). The van der Waals surface area contributed by atoms with Crippen molar-refractivity contribution in [2.24, 2.45) is 11.3 Å². The van der Waals surface area contributed by atoms with Gasteiger partial charge in [-0.1, -0.05) is 27.7 Å². The van der Waals surface area contributed by atoms with Gasteiger partial charge in [-0.2, -0.15) is 0 Å². The van der Waals surface area contributed by atoms with Crippen molar-refractivity contribution >= 4 is 5.91 Å². The summed E-state index contributed by atoms with van der Waals surface area (Å²) < 4.78 is 4.78. The van der Waals surface area contributed by atoms with Gasteiger partial charge in [0.25, 0.3) is 0 Å². The number of ether oxygens (including phenoxy) is 1. The van der Waals surface area contributed by atoms with E-state index >= 15 is 0 Å². The minimum absolute atomic E-state index is 0.00287. The fraction of sp³-hybridized carbons (Fsp3) is 0.923. The van der Waals surface area contributed by atoms with E-state index in [2.05, 4.69) is 33.0 Å². The Hall–Kier alpha value is -0.610. The van der Waals surface area contributed by atoms with Crippen LogP contribution in [0, 0.1) is 11.3 Å². The molecule has 17 heavy (non-hydrogen) atoms. The fourth-order valence-electron chi connectivity index (χ4n) is 1.99. The molecule has 0 aromatic rings. The van der Waals surface area contributed by atoms with Crippen molar-refractivity contribution in [1.82, 2.24) is 5.32 Å². The van der Waals surface area contributed by atoms with Gasteiger partial charge < -0.3 is 15.2 Å². The Labute approximate surface area is 105 Å². The van der Waals surface area contributed by atoms with Crippen LogP contribution in [0.2, 0.25) is 0 Å². The third-order valence-corrected chi connectivity index (χ3v) is 2.39. The van der Waals surface area contributed by atoms with Gasteiger partial charge in [-0.3, -0.25) is 4.79 Å². The average molecular weight is 245 g/mol. The van der Waals surface area contributed by atoms with E-state index in [-0.39, 0.29) is 24.5 Å². The summed E-state index contributed by atoms with van der Waals surface area (Å²) in [4.78, 5) is 11.6. The maximum Gasteiger partial charge on any atom is 0.220 e. The van der Waals surface area contributed by atoms with Crippen molar-refractivity contribution in [2.75, 3.05) is 20.3 Å². The summed E-state index contributed by atoms with van der Waals surface area (Å²) in [5.41, 5.74) is 0.245. The highest BCUT2D eigenvalue weighted by atomic mass is 16.5. The van der Waals surface area contributed by atoms with Gasteiger partial charge in [0.1, 0.15) is 0 Å². The normalized spacial score (nSPS) is 15.4. The molecule has 1 amide bonds. The molecule has 4 heteroatoms. The Kier molecular flexibility index (Phi) is 7.39. The number of nitrogens with one attached hydrogen (secondary N) is 1. The summed E-state index contributed by atoms with van der Waals surface area (Å²) in [6, 6.07) is 0. The molecule has 2 unspecified atom stereocenters. The first-order valence-electron chi connectivity index (χ1n) is 6.18. The number of hydrogen-bond acceptors (Lipinski definition) is 3. The molecule has 0 saturated heterocycles. The lowest BCUT2D eigenvalue weighted by Crippen LogP contribution is -2.35. The molecule has 0 aromatic heterocycles. The van der Waals surface area contributed by atoms with E-state index in [9.17, 15) is 9.90 Å². The number of aliphatic hydroxyl groups is 1. The van der Waals surface area contributed by atoms with Gasteiger partial charge in [-0.25, -0.2) is 0 Å². The van der Waals surface area contributed by atoms with Crippen LogP contribution in [0.4, 0.5) is 0 Å². The second-order valence-electron chi connectivity index (χ2n) is 5.99. The highest BCUT2D eigenvalue weighted by molar-refractivity contribution is 5.76. The largest absolute Gasteiger partial charge is 0.389 e. The monoisotopic (exact) mass is 245 g/mol. The molecule has 0 saturated carbocycles. The Morgan fingerprint density at radius 2 is 2.00 bits per heavy atom. The van der Waals surface area contributed by atoms with Gasteiger partial charge in [0.05, 0.1) is 12.7 Å². The number of methoxy groups -OCH3 is 1. The zero-order chi connectivity index (χ0) is 13.5. The number of hydrogen-bond donors (Lipinski definition) is 2. The molecule has 2 N–H and O–H groups in total. The van der Waals surface area contributed by atoms with Gasteiger partial charge in [0.2, 0.25) is 5.91 Å². The summed E-state index contributed by atoms with van der Waals surface area (Å²) in [5.74, 6) is 0.353. The van der Waals surface area contributed by atoms with Crippen molar-refractivity contribution in [3.63, 3.8) is 0 Å². The minimum Gasteiger partial charge on any atom is -0.389 e. The molecule has 0 aromatic carbocycles. The highest BCUT2D eigenvalue weighted by Crippen LogP contribution is 2.25. The Morgan fingerprint density at radius 1 is 1.41 bits per heavy atom. The molecule has 0 fully saturated rings. The molecule has 0 aliphatic heterocycles. The number of rotatable bonds is 7. The predicted molar refractivity (Wildman–Crippen MR) is 68.7 cm³/mol. The summed E-state index contributed by atoms with van der Waals surface area (Å²) in [6.45, 7) is 9.10. The second-order valence-corrected chi connectivity index (χ2v) is 5.99. The molecular weight excluding hydrogens is 218 g/mol. The molecule has 0 radical (unpaired) electrons. The van der Waals surface area contributed by atoms with Crippen molar-refractivity contribution in [2.45, 2.75) is 46.6 Å². The van der Waals surface area contributed by atoms with Crippen LogP contribution >= 0.6 is 0 Å². The van der Waals surface area contributed by atoms with Crippen LogP contribution in [0.3, 0.4) is 0 Å². The van der Waals surface area contributed by atoms with E-state index in [4.69, 9.17) is 4.74 Å². The minimum atomic E-state index is -0.623. The van der Waals surface area contributed by atoms with E-state index in [0.29, 0.717) is 12.3 Å². The van der Waals surface area contributed by atoms with E-state index in [0.717, 1.165) is 6.42 Å². The summed E-state index contributed by atoms with van der Waals surface area (Å²) >= 11 is 0. The fourth-order valence-corrected chi connectivity index (χ4v) is 1.99. The third-order valence-electron chi connectivity index (χ3n) is 2.39. The SMILES string of the molecule is COCC(O)CNC(=O)CC(C)CC(C)(C)C. The van der Waals surface area contributed by atoms with Gasteiger partial charge in [0.15, 0.2) is 0 Å². The predicted octanol–water partition coefficient (Wildman–Crippen LogP) is 1.57. The van der Waals surface area contributed by atoms with Crippen LogP contribution < -0.4 is 5.32 Å². The second kappa shape index (κ2) is 7.67. The molecule has 4 nitrogen and oxygen atoms in total. The topological polar surface area (TPSA) is 58.6 Å². The lowest BCUT2D eigenvalue weighted by molar-refractivity contribution is -0.122. The Balaban J connectivity index is 3.78. The molecule has 0 spiro atoms. The molecular formula is C13H27NO3. The van der Waals surface area contributed by atoms with Gasteiger partial charge in [0, 0.05) is 20.1 Å². The van der Waals surface area contributed by atoms with E-state index in [1.807, 2.05) is 0 Å². The third kappa shape index (κ3) is 10.3. The smallest absolute Gasteiger partial charge is 0.220 e. The maximum absolute atomic E-state index is 11.6. The van der Waals surface area contributed by atoms with Gasteiger partial charge in [-0.05, 0) is 17.8 Å². The van der Waals surface area contributed by atoms with Crippen LogP contribution in [-0.4, -0.2) is 37.4 Å². The van der Waals surface area contributed by atoms with Crippen LogP contribution in [0.1, 0.15) is 40.5 Å². The number of amides is 1. The number of aliphatic hydroxyl groups excluding tert-OH is 1. The molecule has 0 aliphatic carbocycles. The van der Waals surface area contributed by atoms with E-state index in [1.54, 1.807) is 0 Å². The van der Waals surface area contributed by atoms with Crippen molar-refractivity contribution in [1.29, 1.82) is 0 Å². The summed E-state index contributed by atoms with van der Waals surface area (Å²) in [7, 11) is 1.52. The molecule has 0 rings (SSSR count). The lowest BCUT2D eigenvalue weighted by Gasteiger charge is -2.23.